The Kier molecular flexibility index (Phi) is 6.07. The fourth-order valence-electron chi connectivity index (χ4n) is 3.44. The van der Waals surface area contributed by atoms with Gasteiger partial charge in [-0.15, -0.1) is 0 Å². The number of ether oxygens (including phenoxy) is 1. The number of nitrogens with one attached hydrogen (secondary N) is 1. The molecule has 0 spiro atoms. The lowest BCUT2D eigenvalue weighted by Gasteiger charge is -2.29. The largest absolute Gasteiger partial charge is 0.376 e. The van der Waals surface area contributed by atoms with Crippen LogP contribution in [-0.2, 0) is 11.3 Å². The summed E-state index contributed by atoms with van der Waals surface area (Å²) in [7, 11) is 0. The van der Waals surface area contributed by atoms with Crippen LogP contribution < -0.4 is 5.32 Å². The van der Waals surface area contributed by atoms with Crippen molar-refractivity contribution in [2.45, 2.75) is 64.1 Å². The molecule has 24 heavy (non-hydrogen) atoms. The zero-order valence-electron chi connectivity index (χ0n) is 14.6. The smallest absolute Gasteiger partial charge is 0.318 e. The minimum Gasteiger partial charge on any atom is -0.376 e. The summed E-state index contributed by atoms with van der Waals surface area (Å²) in [5.41, 5.74) is 1.08. The van der Waals surface area contributed by atoms with Crippen molar-refractivity contribution >= 4 is 6.03 Å². The summed E-state index contributed by atoms with van der Waals surface area (Å²) in [4.78, 5) is 18.5. The molecule has 1 N–H and O–H groups in total. The van der Waals surface area contributed by atoms with E-state index < -0.39 is 0 Å². The lowest BCUT2D eigenvalue weighted by molar-refractivity contribution is -0.00275. The second-order valence-corrected chi connectivity index (χ2v) is 7.12. The molecule has 2 atom stereocenters. The third kappa shape index (κ3) is 4.94. The van der Waals surface area contributed by atoms with Crippen LogP contribution in [0.3, 0.4) is 0 Å². The van der Waals surface area contributed by atoms with Gasteiger partial charge in [0, 0.05) is 31.5 Å². The van der Waals surface area contributed by atoms with E-state index in [1.54, 1.807) is 6.20 Å². The van der Waals surface area contributed by atoms with Crippen LogP contribution in [0.5, 0.6) is 0 Å². The summed E-state index contributed by atoms with van der Waals surface area (Å²) in [5.74, 6) is 0.642. The monoisotopic (exact) mass is 331 g/mol. The fourth-order valence-corrected chi connectivity index (χ4v) is 3.44. The average Bonchev–Trinajstić information content (AvgIpc) is 3.43. The SMILES string of the molecule is C[C@@H]1CCCC[C@H]1OCCNC(=O)N(Cc1cccnc1)C1CC1. The molecule has 1 aromatic rings. The zero-order valence-corrected chi connectivity index (χ0v) is 14.6. The van der Waals surface area contributed by atoms with Crippen LogP contribution in [0.4, 0.5) is 4.79 Å². The second kappa shape index (κ2) is 8.47. The van der Waals surface area contributed by atoms with E-state index in [9.17, 15) is 4.79 Å². The van der Waals surface area contributed by atoms with Crippen molar-refractivity contribution in [1.29, 1.82) is 0 Å². The molecule has 132 valence electrons. The molecular formula is C19H29N3O2. The molecule has 2 amide bonds. The van der Waals surface area contributed by atoms with Crippen molar-refractivity contribution in [3.8, 4) is 0 Å². The van der Waals surface area contributed by atoms with Crippen LogP contribution in [0.1, 0.15) is 51.0 Å². The summed E-state index contributed by atoms with van der Waals surface area (Å²) in [5, 5.41) is 3.02. The van der Waals surface area contributed by atoms with E-state index in [4.69, 9.17) is 4.74 Å². The first-order valence-corrected chi connectivity index (χ1v) is 9.29. The first-order chi connectivity index (χ1) is 11.7. The van der Waals surface area contributed by atoms with Crippen molar-refractivity contribution in [2.75, 3.05) is 13.2 Å². The van der Waals surface area contributed by atoms with Gasteiger partial charge in [-0.3, -0.25) is 4.98 Å². The van der Waals surface area contributed by atoms with Gasteiger partial charge in [0.05, 0.1) is 12.7 Å². The Morgan fingerprint density at radius 3 is 2.88 bits per heavy atom. The highest BCUT2D eigenvalue weighted by atomic mass is 16.5. The fraction of sp³-hybridized carbons (Fsp3) is 0.684. The molecule has 2 aliphatic carbocycles. The first kappa shape index (κ1) is 17.2. The Labute approximate surface area is 144 Å². The number of rotatable bonds is 7. The van der Waals surface area contributed by atoms with Crippen LogP contribution in [0.15, 0.2) is 24.5 Å². The molecule has 2 aliphatic rings. The minimum atomic E-state index is 0.0154. The molecular weight excluding hydrogens is 302 g/mol. The normalized spacial score (nSPS) is 23.7. The van der Waals surface area contributed by atoms with Gasteiger partial charge in [-0.2, -0.15) is 0 Å². The number of hydrogen-bond donors (Lipinski definition) is 1. The summed E-state index contributed by atoms with van der Waals surface area (Å²) in [6, 6.07) is 4.33. The first-order valence-electron chi connectivity index (χ1n) is 9.29. The van der Waals surface area contributed by atoms with E-state index in [-0.39, 0.29) is 6.03 Å². The molecule has 5 nitrogen and oxygen atoms in total. The molecule has 0 saturated heterocycles. The second-order valence-electron chi connectivity index (χ2n) is 7.12. The Morgan fingerprint density at radius 2 is 2.17 bits per heavy atom. The molecule has 2 saturated carbocycles. The van der Waals surface area contributed by atoms with Gasteiger partial charge in [0.2, 0.25) is 0 Å². The summed E-state index contributed by atoms with van der Waals surface area (Å²) in [6.07, 6.45) is 11.2. The quantitative estimate of drug-likeness (QED) is 0.780. The topological polar surface area (TPSA) is 54.5 Å². The van der Waals surface area contributed by atoms with Crippen molar-refractivity contribution < 1.29 is 9.53 Å². The maximum absolute atomic E-state index is 12.5. The maximum Gasteiger partial charge on any atom is 0.318 e. The summed E-state index contributed by atoms with van der Waals surface area (Å²) < 4.78 is 5.98. The number of aromatic nitrogens is 1. The number of nitrogens with zero attached hydrogens (tertiary/aromatic N) is 2. The molecule has 0 unspecified atom stereocenters. The van der Waals surface area contributed by atoms with Crippen molar-refractivity contribution in [3.63, 3.8) is 0 Å². The lowest BCUT2D eigenvalue weighted by Crippen LogP contribution is -2.42. The zero-order chi connectivity index (χ0) is 16.8. The van der Waals surface area contributed by atoms with Gasteiger partial charge in [0.25, 0.3) is 0 Å². The van der Waals surface area contributed by atoms with Crippen molar-refractivity contribution in [3.05, 3.63) is 30.1 Å². The molecule has 0 aliphatic heterocycles. The van der Waals surface area contributed by atoms with E-state index in [0.29, 0.717) is 37.8 Å². The molecule has 3 rings (SSSR count). The third-order valence-corrected chi connectivity index (χ3v) is 5.07. The molecule has 0 bridgehead atoms. The van der Waals surface area contributed by atoms with Crippen molar-refractivity contribution in [1.82, 2.24) is 15.2 Å². The average molecular weight is 331 g/mol. The van der Waals surface area contributed by atoms with Gasteiger partial charge in [0.1, 0.15) is 0 Å². The molecule has 0 radical (unpaired) electrons. The molecule has 1 heterocycles. The van der Waals surface area contributed by atoms with Gasteiger partial charge in [-0.05, 0) is 43.2 Å². The predicted molar refractivity (Wildman–Crippen MR) is 93.6 cm³/mol. The Bertz CT molecular complexity index is 519. The van der Waals surface area contributed by atoms with Crippen LogP contribution in [0.2, 0.25) is 0 Å². The standard InChI is InChI=1S/C19H29N3O2/c1-15-5-2-3-7-18(15)24-12-11-21-19(23)22(17-8-9-17)14-16-6-4-10-20-13-16/h4,6,10,13,15,17-18H,2-3,5,7-9,11-12,14H2,1H3,(H,21,23)/t15-,18-/m1/s1. The molecule has 2 fully saturated rings. The van der Waals surface area contributed by atoms with Gasteiger partial charge in [-0.1, -0.05) is 25.8 Å². The van der Waals surface area contributed by atoms with Gasteiger partial charge < -0.3 is 15.0 Å². The lowest BCUT2D eigenvalue weighted by atomic mass is 9.88. The van der Waals surface area contributed by atoms with E-state index in [1.807, 2.05) is 23.2 Å². The Morgan fingerprint density at radius 1 is 1.33 bits per heavy atom. The third-order valence-electron chi connectivity index (χ3n) is 5.07. The maximum atomic E-state index is 12.5. The van der Waals surface area contributed by atoms with Crippen LogP contribution in [0.25, 0.3) is 0 Å². The number of carbonyl (C=O) groups excluding carboxylic acids is 1. The highest BCUT2D eigenvalue weighted by molar-refractivity contribution is 5.74. The van der Waals surface area contributed by atoms with E-state index in [2.05, 4.69) is 17.2 Å². The van der Waals surface area contributed by atoms with E-state index in [0.717, 1.165) is 24.8 Å². The highest BCUT2D eigenvalue weighted by Gasteiger charge is 2.32. The Balaban J connectivity index is 1.41. The number of pyridine rings is 1. The van der Waals surface area contributed by atoms with Crippen LogP contribution in [0, 0.1) is 5.92 Å². The van der Waals surface area contributed by atoms with Crippen molar-refractivity contribution in [2.24, 2.45) is 5.92 Å². The van der Waals surface area contributed by atoms with Crippen LogP contribution in [-0.4, -0.2) is 41.2 Å². The van der Waals surface area contributed by atoms with Gasteiger partial charge in [-0.25, -0.2) is 4.79 Å². The number of hydrogen-bond acceptors (Lipinski definition) is 3. The predicted octanol–water partition coefficient (Wildman–Crippen LogP) is 3.35. The molecule has 5 heteroatoms. The van der Waals surface area contributed by atoms with Crippen LogP contribution >= 0.6 is 0 Å². The van der Waals surface area contributed by atoms with Gasteiger partial charge >= 0.3 is 6.03 Å². The minimum absolute atomic E-state index is 0.0154. The number of carbonyl (C=O) groups is 1. The van der Waals surface area contributed by atoms with E-state index >= 15 is 0 Å². The van der Waals surface area contributed by atoms with E-state index in [1.165, 1.54) is 19.3 Å². The molecule has 0 aromatic carbocycles. The number of amides is 2. The summed E-state index contributed by atoms with van der Waals surface area (Å²) >= 11 is 0. The molecule has 1 aromatic heterocycles. The highest BCUT2D eigenvalue weighted by Crippen LogP contribution is 2.28. The summed E-state index contributed by atoms with van der Waals surface area (Å²) in [6.45, 7) is 4.08. The number of urea groups is 1. The van der Waals surface area contributed by atoms with Gasteiger partial charge in [0.15, 0.2) is 0 Å². The Hall–Kier alpha value is -1.62.